The monoisotopic (exact) mass is 293 g/mol. The molecule has 0 aliphatic rings. The van der Waals surface area contributed by atoms with Gasteiger partial charge in [-0.2, -0.15) is 0 Å². The molecule has 0 aliphatic carbocycles. The molecule has 0 fully saturated rings. The molecule has 20 heavy (non-hydrogen) atoms. The highest BCUT2D eigenvalue weighted by Crippen LogP contribution is 2.25. The number of carbonyl (C=O) groups excluding carboxylic acids is 1. The van der Waals surface area contributed by atoms with Gasteiger partial charge in [-0.1, -0.05) is 6.07 Å². The van der Waals surface area contributed by atoms with Gasteiger partial charge in [0.2, 0.25) is 0 Å². The van der Waals surface area contributed by atoms with Gasteiger partial charge in [0.15, 0.2) is 0 Å². The Bertz CT molecular complexity index is 551. The number of hydrogen-bond donors (Lipinski definition) is 1. The van der Waals surface area contributed by atoms with Crippen molar-refractivity contribution in [2.75, 3.05) is 6.61 Å². The van der Waals surface area contributed by atoms with E-state index in [9.17, 15) is 4.79 Å². The van der Waals surface area contributed by atoms with E-state index in [2.05, 4.69) is 10.3 Å². The second kappa shape index (κ2) is 6.67. The van der Waals surface area contributed by atoms with Crippen molar-refractivity contribution in [3.63, 3.8) is 0 Å². The number of esters is 1. The lowest BCUT2D eigenvalue weighted by molar-refractivity contribution is -0.145. The average molecular weight is 293 g/mol. The topological polar surface area (TPSA) is 56.1 Å². The third kappa shape index (κ3) is 3.26. The van der Waals surface area contributed by atoms with E-state index in [-0.39, 0.29) is 12.0 Å². The van der Waals surface area contributed by atoms with Gasteiger partial charge in [-0.3, -0.25) is 10.1 Å². The number of rotatable bonds is 6. The van der Waals surface area contributed by atoms with Crippen LogP contribution >= 0.6 is 11.3 Å². The lowest BCUT2D eigenvalue weighted by Crippen LogP contribution is -2.39. The molecule has 2 aromatic heterocycles. The van der Waals surface area contributed by atoms with E-state index < -0.39 is 6.04 Å². The number of thiophene rings is 1. The first-order valence-electron chi connectivity index (χ1n) is 6.56. The van der Waals surface area contributed by atoms with Gasteiger partial charge in [0.1, 0.15) is 17.9 Å². The van der Waals surface area contributed by atoms with Gasteiger partial charge in [0.05, 0.1) is 6.61 Å². The Kier molecular flexibility index (Phi) is 4.92. The summed E-state index contributed by atoms with van der Waals surface area (Å²) in [6.07, 6.45) is 3.65. The first-order valence-corrected chi connectivity index (χ1v) is 7.44. The molecule has 0 radical (unpaired) electrons. The van der Waals surface area contributed by atoms with Gasteiger partial charge in [-0.25, -0.2) is 4.98 Å². The van der Waals surface area contributed by atoms with Gasteiger partial charge >= 0.3 is 5.97 Å². The molecule has 1 N–H and O–H groups in total. The van der Waals surface area contributed by atoms with Crippen molar-refractivity contribution in [2.24, 2.45) is 7.05 Å². The zero-order valence-corrected chi connectivity index (χ0v) is 12.7. The lowest BCUT2D eigenvalue weighted by Gasteiger charge is -2.21. The molecule has 0 aliphatic heterocycles. The van der Waals surface area contributed by atoms with Crippen LogP contribution in [-0.4, -0.2) is 28.2 Å². The van der Waals surface area contributed by atoms with Crippen LogP contribution in [0.3, 0.4) is 0 Å². The standard InChI is InChI=1S/C14H19N3O2S/c1-4-19-14(18)10(2)16-12(11-6-5-9-20-11)13-15-7-8-17(13)3/h5-10,12,16H,4H2,1-3H3. The molecule has 0 amide bonds. The highest BCUT2D eigenvalue weighted by molar-refractivity contribution is 7.10. The van der Waals surface area contributed by atoms with E-state index >= 15 is 0 Å². The van der Waals surface area contributed by atoms with Crippen molar-refractivity contribution >= 4 is 17.3 Å². The fourth-order valence-electron chi connectivity index (χ4n) is 1.98. The Morgan fingerprint density at radius 1 is 1.60 bits per heavy atom. The molecule has 0 bridgehead atoms. The molecule has 0 saturated carbocycles. The van der Waals surface area contributed by atoms with Crippen molar-refractivity contribution in [2.45, 2.75) is 25.9 Å². The fourth-order valence-corrected chi connectivity index (χ4v) is 2.76. The summed E-state index contributed by atoms with van der Waals surface area (Å²) in [5, 5.41) is 5.32. The predicted octanol–water partition coefficient (Wildman–Crippen LogP) is 2.11. The highest BCUT2D eigenvalue weighted by atomic mass is 32.1. The molecule has 0 aromatic carbocycles. The number of hydrogen-bond acceptors (Lipinski definition) is 5. The van der Waals surface area contributed by atoms with Gasteiger partial charge in [0, 0.05) is 24.3 Å². The van der Waals surface area contributed by atoms with Crippen LogP contribution in [0.1, 0.15) is 30.6 Å². The minimum Gasteiger partial charge on any atom is -0.465 e. The molecule has 0 spiro atoms. The zero-order valence-electron chi connectivity index (χ0n) is 11.9. The van der Waals surface area contributed by atoms with Crippen molar-refractivity contribution in [1.29, 1.82) is 0 Å². The van der Waals surface area contributed by atoms with Crippen LogP contribution in [0.4, 0.5) is 0 Å². The van der Waals surface area contributed by atoms with E-state index in [1.54, 1.807) is 24.5 Å². The van der Waals surface area contributed by atoms with Crippen LogP contribution in [0.25, 0.3) is 0 Å². The number of nitrogens with zero attached hydrogens (tertiary/aromatic N) is 2. The van der Waals surface area contributed by atoms with Crippen LogP contribution in [-0.2, 0) is 16.6 Å². The second-order valence-electron chi connectivity index (χ2n) is 4.49. The second-order valence-corrected chi connectivity index (χ2v) is 5.46. The summed E-state index contributed by atoms with van der Waals surface area (Å²) < 4.78 is 7.00. The first kappa shape index (κ1) is 14.7. The number of nitrogens with one attached hydrogen (secondary N) is 1. The van der Waals surface area contributed by atoms with Crippen molar-refractivity contribution < 1.29 is 9.53 Å². The van der Waals surface area contributed by atoms with E-state index in [4.69, 9.17) is 4.74 Å². The fraction of sp³-hybridized carbons (Fsp3) is 0.429. The first-order chi connectivity index (χ1) is 9.63. The Morgan fingerprint density at radius 2 is 2.40 bits per heavy atom. The zero-order chi connectivity index (χ0) is 14.5. The Morgan fingerprint density at radius 3 is 2.95 bits per heavy atom. The third-order valence-electron chi connectivity index (χ3n) is 3.00. The predicted molar refractivity (Wildman–Crippen MR) is 78.6 cm³/mol. The van der Waals surface area contributed by atoms with Crippen molar-refractivity contribution in [1.82, 2.24) is 14.9 Å². The minimum atomic E-state index is -0.390. The number of imidazole rings is 1. The van der Waals surface area contributed by atoms with Gasteiger partial charge in [0.25, 0.3) is 0 Å². The maximum atomic E-state index is 11.8. The average Bonchev–Trinajstić information content (AvgIpc) is 3.07. The summed E-state index contributed by atoms with van der Waals surface area (Å²) in [4.78, 5) is 17.3. The molecular weight excluding hydrogens is 274 g/mol. The van der Waals surface area contributed by atoms with Crippen LogP contribution in [0.5, 0.6) is 0 Å². The van der Waals surface area contributed by atoms with Crippen molar-refractivity contribution in [3.05, 3.63) is 40.6 Å². The van der Waals surface area contributed by atoms with Gasteiger partial charge < -0.3 is 9.30 Å². The van der Waals surface area contributed by atoms with E-state index in [1.165, 1.54) is 0 Å². The summed E-state index contributed by atoms with van der Waals surface area (Å²) in [5.74, 6) is 0.631. The summed E-state index contributed by atoms with van der Waals surface area (Å²) in [5.41, 5.74) is 0. The maximum Gasteiger partial charge on any atom is 0.322 e. The lowest BCUT2D eigenvalue weighted by atomic mass is 10.2. The number of carbonyl (C=O) groups is 1. The number of ether oxygens (including phenoxy) is 1. The molecular formula is C14H19N3O2S. The summed E-state index contributed by atoms with van der Waals surface area (Å²) in [7, 11) is 1.94. The molecule has 2 aromatic rings. The third-order valence-corrected chi connectivity index (χ3v) is 3.94. The quantitative estimate of drug-likeness (QED) is 0.829. The van der Waals surface area contributed by atoms with E-state index in [1.807, 2.05) is 42.2 Å². The van der Waals surface area contributed by atoms with Gasteiger partial charge in [-0.05, 0) is 25.3 Å². The Labute approximate surface area is 122 Å². The molecule has 108 valence electrons. The summed E-state index contributed by atoms with van der Waals surface area (Å²) in [6.45, 7) is 4.00. The van der Waals surface area contributed by atoms with Crippen LogP contribution in [0.2, 0.25) is 0 Å². The molecule has 6 heteroatoms. The highest BCUT2D eigenvalue weighted by Gasteiger charge is 2.24. The molecule has 2 heterocycles. The molecule has 0 saturated heterocycles. The van der Waals surface area contributed by atoms with Crippen LogP contribution in [0.15, 0.2) is 29.9 Å². The molecule has 5 nitrogen and oxygen atoms in total. The van der Waals surface area contributed by atoms with Gasteiger partial charge in [-0.15, -0.1) is 11.3 Å². The van der Waals surface area contributed by atoms with Crippen molar-refractivity contribution in [3.8, 4) is 0 Å². The molecule has 2 rings (SSSR count). The van der Waals surface area contributed by atoms with Crippen LogP contribution < -0.4 is 5.32 Å². The number of aromatic nitrogens is 2. The Hall–Kier alpha value is -1.66. The smallest absolute Gasteiger partial charge is 0.322 e. The van der Waals surface area contributed by atoms with E-state index in [0.717, 1.165) is 10.7 Å². The molecule has 2 atom stereocenters. The number of aryl methyl sites for hydroxylation is 1. The molecule has 2 unspecified atom stereocenters. The van der Waals surface area contributed by atoms with E-state index in [0.29, 0.717) is 6.61 Å². The largest absolute Gasteiger partial charge is 0.465 e. The SMILES string of the molecule is CCOC(=O)C(C)NC(c1cccs1)c1nccn1C. The minimum absolute atomic E-state index is 0.116. The summed E-state index contributed by atoms with van der Waals surface area (Å²) in [6, 6.07) is 3.52. The normalized spacial score (nSPS) is 13.9. The maximum absolute atomic E-state index is 11.8. The Balaban J connectivity index is 2.21. The summed E-state index contributed by atoms with van der Waals surface area (Å²) >= 11 is 1.64. The van der Waals surface area contributed by atoms with Crippen LogP contribution in [0, 0.1) is 0 Å².